The normalized spacial score (nSPS) is 19.9. The van der Waals surface area contributed by atoms with Crippen molar-refractivity contribution in [2.24, 2.45) is 0 Å². The maximum Gasteiger partial charge on any atom is 0.260 e. The van der Waals surface area contributed by atoms with Crippen LogP contribution >= 0.6 is 0 Å². The minimum Gasteiger partial charge on any atom is -0.339 e. The van der Waals surface area contributed by atoms with E-state index in [0.717, 1.165) is 5.56 Å². The molecule has 3 aromatic carbocycles. The number of benzene rings is 3. The third kappa shape index (κ3) is 3.85. The van der Waals surface area contributed by atoms with Crippen molar-refractivity contribution in [1.29, 1.82) is 0 Å². The number of carbonyl (C=O) groups is 1. The number of H-pyrrole nitrogens is 1. The number of hydrogen-bond acceptors (Lipinski definition) is 4. The molecule has 1 aliphatic carbocycles. The second kappa shape index (κ2) is 8.45. The Morgan fingerprint density at radius 1 is 0.794 bits per heavy atom. The van der Waals surface area contributed by atoms with Crippen molar-refractivity contribution in [3.63, 3.8) is 0 Å². The highest BCUT2D eigenvalue weighted by Crippen LogP contribution is 2.54. The first-order valence-electron chi connectivity index (χ1n) is 11.9. The molecule has 6 heteroatoms. The van der Waals surface area contributed by atoms with Gasteiger partial charge < -0.3 is 9.80 Å². The fourth-order valence-corrected chi connectivity index (χ4v) is 5.03. The van der Waals surface area contributed by atoms with Crippen molar-refractivity contribution >= 4 is 22.8 Å². The van der Waals surface area contributed by atoms with Crippen LogP contribution in [0.15, 0.2) is 83.7 Å². The summed E-state index contributed by atoms with van der Waals surface area (Å²) in [7, 11) is 0. The van der Waals surface area contributed by atoms with Gasteiger partial charge in [-0.05, 0) is 53.6 Å². The molecule has 4 aromatic rings. The number of hydrogen-bond donors (Lipinski definition) is 1. The quantitative estimate of drug-likeness (QED) is 0.507. The highest BCUT2D eigenvalue weighted by Gasteiger charge is 2.39. The van der Waals surface area contributed by atoms with Gasteiger partial charge in [0, 0.05) is 31.7 Å². The molecule has 0 spiro atoms. The number of nitrogens with zero attached hydrogens (tertiary/aromatic N) is 3. The van der Waals surface area contributed by atoms with Crippen LogP contribution in [-0.4, -0.2) is 47.0 Å². The fraction of sp³-hybridized carbons (Fsp3) is 0.250. The van der Waals surface area contributed by atoms with Crippen molar-refractivity contribution in [1.82, 2.24) is 14.9 Å². The second-order valence-corrected chi connectivity index (χ2v) is 9.17. The van der Waals surface area contributed by atoms with Gasteiger partial charge in [0.25, 0.3) is 11.5 Å². The van der Waals surface area contributed by atoms with Crippen LogP contribution in [0.25, 0.3) is 10.9 Å². The van der Waals surface area contributed by atoms with E-state index in [4.69, 9.17) is 0 Å². The van der Waals surface area contributed by atoms with Crippen LogP contribution in [0, 0.1) is 0 Å². The molecule has 6 rings (SSSR count). The van der Waals surface area contributed by atoms with Gasteiger partial charge in [0.05, 0.1) is 10.9 Å². The van der Waals surface area contributed by atoms with Gasteiger partial charge in [-0.15, -0.1) is 0 Å². The van der Waals surface area contributed by atoms with E-state index in [1.54, 1.807) is 6.07 Å². The third-order valence-electron chi connectivity index (χ3n) is 7.07. The molecule has 2 aliphatic rings. The summed E-state index contributed by atoms with van der Waals surface area (Å²) in [5, 5.41) is 0.588. The smallest absolute Gasteiger partial charge is 0.260 e. The van der Waals surface area contributed by atoms with E-state index in [1.165, 1.54) is 17.5 Å². The van der Waals surface area contributed by atoms with Crippen LogP contribution in [0.1, 0.15) is 39.7 Å². The first-order valence-corrected chi connectivity index (χ1v) is 11.9. The van der Waals surface area contributed by atoms with E-state index in [9.17, 15) is 9.59 Å². The van der Waals surface area contributed by atoms with Crippen molar-refractivity contribution in [3.8, 4) is 0 Å². The van der Waals surface area contributed by atoms with Crippen molar-refractivity contribution in [2.45, 2.75) is 18.3 Å². The maximum atomic E-state index is 13.1. The minimum absolute atomic E-state index is 0.0570. The average molecular weight is 451 g/mol. The Hall–Kier alpha value is -3.93. The number of anilines is 1. The number of fused-ring (bicyclic) bond motifs is 1. The highest BCUT2D eigenvalue weighted by atomic mass is 16.2. The van der Waals surface area contributed by atoms with Crippen LogP contribution in [0.5, 0.6) is 0 Å². The van der Waals surface area contributed by atoms with Crippen LogP contribution in [-0.2, 0) is 0 Å². The molecular formula is C28H26N4O2. The molecule has 1 amide bonds. The van der Waals surface area contributed by atoms with Gasteiger partial charge in [0.2, 0.25) is 5.95 Å². The Kier molecular flexibility index (Phi) is 5.13. The topological polar surface area (TPSA) is 69.3 Å². The predicted molar refractivity (Wildman–Crippen MR) is 133 cm³/mol. The fourth-order valence-electron chi connectivity index (χ4n) is 5.03. The number of carbonyl (C=O) groups excluding carboxylic acids is 1. The molecule has 1 saturated carbocycles. The molecule has 34 heavy (non-hydrogen) atoms. The van der Waals surface area contributed by atoms with Crippen LogP contribution in [0.2, 0.25) is 0 Å². The first-order chi connectivity index (χ1) is 16.7. The lowest BCUT2D eigenvalue weighted by Crippen LogP contribution is -2.49. The summed E-state index contributed by atoms with van der Waals surface area (Å²) in [6, 6.07) is 26.1. The summed E-state index contributed by atoms with van der Waals surface area (Å²) in [4.78, 5) is 36.9. The number of aromatic amines is 1. The number of nitrogens with one attached hydrogen (secondary N) is 1. The minimum atomic E-state index is -0.135. The van der Waals surface area contributed by atoms with Crippen molar-refractivity contribution < 1.29 is 4.79 Å². The molecule has 2 atom stereocenters. The zero-order valence-electron chi connectivity index (χ0n) is 18.9. The number of para-hydroxylation sites is 1. The standard InChI is InChI=1S/C28H26N4O2/c33-26-22-8-4-5-9-25(22)29-28(30-26)32-16-14-31(15-17-32)27(34)21-12-10-20(11-13-21)24-18-23(24)19-6-2-1-3-7-19/h1-13,23-24H,14-18H2,(H,29,30,33)/t23-,24-/m0/s1. The first kappa shape index (κ1) is 20.7. The monoisotopic (exact) mass is 450 g/mol. The van der Waals surface area contributed by atoms with Crippen molar-refractivity contribution in [2.75, 3.05) is 31.1 Å². The molecule has 1 N–H and O–H groups in total. The maximum absolute atomic E-state index is 13.1. The Labute approximate surface area is 197 Å². The van der Waals surface area contributed by atoms with E-state index in [2.05, 4.69) is 52.4 Å². The Morgan fingerprint density at radius 3 is 2.18 bits per heavy atom. The molecule has 0 radical (unpaired) electrons. The number of piperazine rings is 1. The van der Waals surface area contributed by atoms with E-state index >= 15 is 0 Å². The van der Waals surface area contributed by atoms with Gasteiger partial charge in [-0.25, -0.2) is 4.98 Å². The van der Waals surface area contributed by atoms with Gasteiger partial charge >= 0.3 is 0 Å². The Balaban J connectivity index is 1.09. The van der Waals surface area contributed by atoms with Crippen LogP contribution < -0.4 is 10.5 Å². The van der Waals surface area contributed by atoms with Crippen molar-refractivity contribution in [3.05, 3.63) is 106 Å². The summed E-state index contributed by atoms with van der Waals surface area (Å²) in [5.74, 6) is 1.76. The largest absolute Gasteiger partial charge is 0.339 e. The molecule has 1 aromatic heterocycles. The van der Waals surface area contributed by atoms with E-state index in [0.29, 0.717) is 54.9 Å². The van der Waals surface area contributed by atoms with Gasteiger partial charge in [-0.1, -0.05) is 54.6 Å². The number of amides is 1. The predicted octanol–water partition coefficient (Wildman–Crippen LogP) is 4.16. The second-order valence-electron chi connectivity index (χ2n) is 9.17. The third-order valence-corrected chi connectivity index (χ3v) is 7.07. The molecule has 6 nitrogen and oxygen atoms in total. The lowest BCUT2D eigenvalue weighted by molar-refractivity contribution is 0.0746. The Bertz CT molecular complexity index is 1390. The summed E-state index contributed by atoms with van der Waals surface area (Å²) in [5.41, 5.74) is 3.98. The zero-order valence-corrected chi connectivity index (χ0v) is 18.9. The molecule has 1 aliphatic heterocycles. The van der Waals surface area contributed by atoms with Crippen LogP contribution in [0.4, 0.5) is 5.95 Å². The van der Waals surface area contributed by atoms with Gasteiger partial charge in [-0.3, -0.25) is 14.6 Å². The SMILES string of the molecule is O=C(c1ccc([C@@H]2C[C@H]2c2ccccc2)cc1)N1CCN(c2nc3ccccc3c(=O)[nH]2)CC1. The van der Waals surface area contributed by atoms with E-state index < -0.39 is 0 Å². The molecule has 2 heterocycles. The highest BCUT2D eigenvalue weighted by molar-refractivity contribution is 5.94. The summed E-state index contributed by atoms with van der Waals surface area (Å²) >= 11 is 0. The van der Waals surface area contributed by atoms with Gasteiger partial charge in [0.1, 0.15) is 0 Å². The summed E-state index contributed by atoms with van der Waals surface area (Å²) in [6.45, 7) is 2.45. The lowest BCUT2D eigenvalue weighted by atomic mass is 10.0. The van der Waals surface area contributed by atoms with E-state index in [1.807, 2.05) is 40.1 Å². The molecule has 0 unspecified atom stereocenters. The summed E-state index contributed by atoms with van der Waals surface area (Å²) in [6.07, 6.45) is 1.17. The van der Waals surface area contributed by atoms with Crippen LogP contribution in [0.3, 0.4) is 0 Å². The van der Waals surface area contributed by atoms with E-state index in [-0.39, 0.29) is 11.5 Å². The number of rotatable bonds is 4. The molecule has 170 valence electrons. The molecule has 2 fully saturated rings. The molecular weight excluding hydrogens is 424 g/mol. The van der Waals surface area contributed by atoms with Gasteiger partial charge in [-0.2, -0.15) is 0 Å². The van der Waals surface area contributed by atoms with Gasteiger partial charge in [0.15, 0.2) is 0 Å². The summed E-state index contributed by atoms with van der Waals surface area (Å²) < 4.78 is 0. The number of aromatic nitrogens is 2. The zero-order chi connectivity index (χ0) is 23.1. The lowest BCUT2D eigenvalue weighted by Gasteiger charge is -2.35. The molecule has 0 bridgehead atoms. The molecule has 1 saturated heterocycles. The Morgan fingerprint density at radius 2 is 1.44 bits per heavy atom. The average Bonchev–Trinajstić information content (AvgIpc) is 3.70.